The summed E-state index contributed by atoms with van der Waals surface area (Å²) in [4.78, 5) is 15.0. The van der Waals surface area contributed by atoms with E-state index in [-0.39, 0.29) is 11.3 Å². The number of aromatic carboxylic acids is 1. The largest absolute Gasteiger partial charge is 0.573 e. The number of carboxylic acids is 1. The molecule has 0 fully saturated rings. The summed E-state index contributed by atoms with van der Waals surface area (Å²) >= 11 is 1.02. The summed E-state index contributed by atoms with van der Waals surface area (Å²) in [6, 6.07) is 3.95. The Bertz CT molecular complexity index is 592. The van der Waals surface area contributed by atoms with Crippen molar-refractivity contribution in [1.29, 1.82) is 0 Å². The average molecular weight is 289 g/mol. The molecule has 2 rings (SSSR count). The Morgan fingerprint density at radius 2 is 2.11 bits per heavy atom. The van der Waals surface area contributed by atoms with Crippen molar-refractivity contribution in [2.75, 3.05) is 0 Å². The van der Waals surface area contributed by atoms with Crippen LogP contribution >= 0.6 is 11.3 Å². The monoisotopic (exact) mass is 289 g/mol. The van der Waals surface area contributed by atoms with Gasteiger partial charge in [-0.2, -0.15) is 0 Å². The van der Waals surface area contributed by atoms with Crippen molar-refractivity contribution in [3.8, 4) is 16.3 Å². The standard InChI is InChI=1S/C11H6F3NO3S/c12-11(13,14)18-7-3-9(19-5-7)8-2-1-6(4-15-8)10(16)17/h1-5H,(H,16,17). The fourth-order valence-corrected chi connectivity index (χ4v) is 2.09. The summed E-state index contributed by atoms with van der Waals surface area (Å²) in [6.45, 7) is 0. The molecule has 0 aliphatic carbocycles. The number of rotatable bonds is 3. The molecule has 0 saturated heterocycles. The minimum absolute atomic E-state index is 0.00655. The fraction of sp³-hybridized carbons (Fsp3) is 0.0909. The molecule has 8 heteroatoms. The van der Waals surface area contributed by atoms with Crippen molar-refractivity contribution in [1.82, 2.24) is 4.98 Å². The lowest BCUT2D eigenvalue weighted by Gasteiger charge is -2.05. The van der Waals surface area contributed by atoms with Gasteiger partial charge in [0.15, 0.2) is 0 Å². The van der Waals surface area contributed by atoms with Crippen molar-refractivity contribution >= 4 is 17.3 Å². The van der Waals surface area contributed by atoms with Crippen LogP contribution in [0.5, 0.6) is 5.75 Å². The lowest BCUT2D eigenvalue weighted by atomic mass is 10.2. The Balaban J connectivity index is 2.20. The van der Waals surface area contributed by atoms with Crippen LogP contribution in [0.3, 0.4) is 0 Å². The normalized spacial score (nSPS) is 11.3. The number of ether oxygens (including phenoxy) is 1. The number of nitrogens with zero attached hydrogens (tertiary/aromatic N) is 1. The Morgan fingerprint density at radius 1 is 1.37 bits per heavy atom. The van der Waals surface area contributed by atoms with Gasteiger partial charge in [0.1, 0.15) is 5.75 Å². The molecule has 0 saturated carbocycles. The summed E-state index contributed by atoms with van der Waals surface area (Å²) in [5.41, 5.74) is 0.388. The first kappa shape index (κ1) is 13.3. The van der Waals surface area contributed by atoms with Crippen molar-refractivity contribution in [2.24, 2.45) is 0 Å². The molecule has 19 heavy (non-hydrogen) atoms. The fourth-order valence-electron chi connectivity index (χ4n) is 1.31. The van der Waals surface area contributed by atoms with E-state index >= 15 is 0 Å². The van der Waals surface area contributed by atoms with Crippen LogP contribution in [0.2, 0.25) is 0 Å². The van der Waals surface area contributed by atoms with Crippen molar-refractivity contribution in [2.45, 2.75) is 6.36 Å². The average Bonchev–Trinajstić information content (AvgIpc) is 2.75. The summed E-state index contributed by atoms with van der Waals surface area (Å²) < 4.78 is 39.7. The van der Waals surface area contributed by atoms with E-state index in [9.17, 15) is 18.0 Å². The lowest BCUT2D eigenvalue weighted by Crippen LogP contribution is -2.16. The predicted octanol–water partition coefficient (Wildman–Crippen LogP) is 3.41. The van der Waals surface area contributed by atoms with E-state index in [1.54, 1.807) is 0 Å². The molecule has 2 aromatic heterocycles. The van der Waals surface area contributed by atoms with Crippen LogP contribution in [-0.4, -0.2) is 22.4 Å². The van der Waals surface area contributed by atoms with Crippen LogP contribution in [0.25, 0.3) is 10.6 Å². The van der Waals surface area contributed by atoms with Gasteiger partial charge in [0, 0.05) is 17.6 Å². The van der Waals surface area contributed by atoms with Gasteiger partial charge >= 0.3 is 12.3 Å². The molecular formula is C11H6F3NO3S. The zero-order valence-electron chi connectivity index (χ0n) is 9.14. The number of carbonyl (C=O) groups is 1. The minimum Gasteiger partial charge on any atom is -0.478 e. The third kappa shape index (κ3) is 3.44. The molecule has 0 amide bonds. The van der Waals surface area contributed by atoms with E-state index in [1.807, 2.05) is 0 Å². The number of pyridine rings is 1. The second-order valence-corrected chi connectivity index (χ2v) is 4.34. The molecule has 0 atom stereocenters. The number of hydrogen-bond donors (Lipinski definition) is 1. The van der Waals surface area contributed by atoms with Crippen LogP contribution in [-0.2, 0) is 0 Å². The molecule has 0 bridgehead atoms. The third-order valence-electron chi connectivity index (χ3n) is 2.07. The molecular weight excluding hydrogens is 283 g/mol. The van der Waals surface area contributed by atoms with Crippen LogP contribution in [0.4, 0.5) is 13.2 Å². The second kappa shape index (κ2) is 4.88. The van der Waals surface area contributed by atoms with Gasteiger partial charge in [-0.1, -0.05) is 0 Å². The van der Waals surface area contributed by atoms with E-state index in [0.29, 0.717) is 10.6 Å². The zero-order valence-corrected chi connectivity index (χ0v) is 9.96. The topological polar surface area (TPSA) is 59.4 Å². The third-order valence-corrected chi connectivity index (χ3v) is 3.00. The lowest BCUT2D eigenvalue weighted by molar-refractivity contribution is -0.274. The summed E-state index contributed by atoms with van der Waals surface area (Å²) in [5, 5.41) is 9.90. The van der Waals surface area contributed by atoms with Crippen LogP contribution in [0.1, 0.15) is 10.4 Å². The molecule has 0 aromatic carbocycles. The van der Waals surface area contributed by atoms with E-state index in [2.05, 4.69) is 9.72 Å². The maximum Gasteiger partial charge on any atom is 0.573 e. The molecule has 0 unspecified atom stereocenters. The quantitative estimate of drug-likeness (QED) is 0.940. The molecule has 4 nitrogen and oxygen atoms in total. The molecule has 0 radical (unpaired) electrons. The molecule has 2 heterocycles. The van der Waals surface area contributed by atoms with Gasteiger partial charge in [0.25, 0.3) is 0 Å². The van der Waals surface area contributed by atoms with Gasteiger partial charge in [-0.15, -0.1) is 24.5 Å². The summed E-state index contributed by atoms with van der Waals surface area (Å²) in [6.07, 6.45) is -3.60. The first-order valence-electron chi connectivity index (χ1n) is 4.89. The van der Waals surface area contributed by atoms with E-state index < -0.39 is 12.3 Å². The number of hydrogen-bond acceptors (Lipinski definition) is 4. The van der Waals surface area contributed by atoms with Gasteiger partial charge < -0.3 is 9.84 Å². The second-order valence-electron chi connectivity index (χ2n) is 3.43. The van der Waals surface area contributed by atoms with Crippen molar-refractivity contribution in [3.05, 3.63) is 35.3 Å². The first-order chi connectivity index (χ1) is 8.85. The SMILES string of the molecule is O=C(O)c1ccc(-c2cc(OC(F)(F)F)cs2)nc1. The Hall–Kier alpha value is -2.09. The highest BCUT2D eigenvalue weighted by Crippen LogP contribution is 2.32. The molecule has 0 aliphatic heterocycles. The molecule has 1 N–H and O–H groups in total. The number of aromatic nitrogens is 1. The number of thiophene rings is 1. The smallest absolute Gasteiger partial charge is 0.478 e. The maximum atomic E-state index is 12.0. The molecule has 100 valence electrons. The van der Waals surface area contributed by atoms with Crippen LogP contribution in [0.15, 0.2) is 29.8 Å². The predicted molar refractivity (Wildman–Crippen MR) is 61.2 cm³/mol. The highest BCUT2D eigenvalue weighted by Gasteiger charge is 2.31. The molecule has 2 aromatic rings. The first-order valence-corrected chi connectivity index (χ1v) is 5.77. The van der Waals surface area contributed by atoms with E-state index in [4.69, 9.17) is 5.11 Å². The molecule has 0 spiro atoms. The van der Waals surface area contributed by atoms with Crippen molar-refractivity contribution in [3.63, 3.8) is 0 Å². The van der Waals surface area contributed by atoms with Gasteiger partial charge in [-0.25, -0.2) is 4.79 Å². The van der Waals surface area contributed by atoms with Gasteiger partial charge in [0.05, 0.1) is 16.1 Å². The van der Waals surface area contributed by atoms with Crippen LogP contribution in [0, 0.1) is 0 Å². The van der Waals surface area contributed by atoms with E-state index in [0.717, 1.165) is 17.5 Å². The highest BCUT2D eigenvalue weighted by atomic mass is 32.1. The van der Waals surface area contributed by atoms with Gasteiger partial charge in [-0.3, -0.25) is 4.98 Å². The Kier molecular flexibility index (Phi) is 3.43. The minimum atomic E-state index is -4.74. The maximum absolute atomic E-state index is 12.0. The van der Waals surface area contributed by atoms with Crippen LogP contribution < -0.4 is 4.74 Å². The summed E-state index contributed by atoms with van der Waals surface area (Å²) in [7, 11) is 0. The Morgan fingerprint density at radius 3 is 2.63 bits per heavy atom. The van der Waals surface area contributed by atoms with Gasteiger partial charge in [-0.05, 0) is 12.1 Å². The highest BCUT2D eigenvalue weighted by molar-refractivity contribution is 7.13. The summed E-state index contributed by atoms with van der Waals surface area (Å²) in [5.74, 6) is -1.44. The number of carboxylic acid groups (broad SMARTS) is 1. The number of halogens is 3. The van der Waals surface area contributed by atoms with E-state index in [1.165, 1.54) is 23.6 Å². The Labute approximate surface area is 109 Å². The number of alkyl halides is 3. The van der Waals surface area contributed by atoms with Crippen molar-refractivity contribution < 1.29 is 27.8 Å². The molecule has 0 aliphatic rings. The zero-order chi connectivity index (χ0) is 14.0. The van der Waals surface area contributed by atoms with Gasteiger partial charge in [0.2, 0.25) is 0 Å².